The number of ether oxygens (including phenoxy) is 1. The van der Waals surface area contributed by atoms with E-state index in [4.69, 9.17) is 32.9 Å². The largest absolute Gasteiger partial charge is 0.489 e. The Morgan fingerprint density at radius 2 is 1.59 bits per heavy atom. The number of carbonyl (C=O) groups excluding carboxylic acids is 1. The molecule has 4 aromatic rings. The zero-order chi connectivity index (χ0) is 29.1. The topological polar surface area (TPSA) is 63.9 Å². The summed E-state index contributed by atoms with van der Waals surface area (Å²) in [5.41, 5.74) is 3.58. The molecule has 0 radical (unpaired) electrons. The van der Waals surface area contributed by atoms with Crippen molar-refractivity contribution in [3.63, 3.8) is 0 Å². The second-order valence-electron chi connectivity index (χ2n) is 9.59. The Labute approximate surface area is 252 Å². The van der Waals surface area contributed by atoms with Gasteiger partial charge in [0, 0.05) is 23.1 Å². The van der Waals surface area contributed by atoms with Crippen LogP contribution in [0.3, 0.4) is 0 Å². The number of hydrogen-bond acceptors (Lipinski definition) is 5. The fraction of sp³-hybridized carbons (Fsp3) is 0.219. The molecule has 0 bridgehead atoms. The van der Waals surface area contributed by atoms with Crippen LogP contribution in [-0.4, -0.2) is 28.5 Å². The van der Waals surface area contributed by atoms with Crippen molar-refractivity contribution < 1.29 is 9.53 Å². The third-order valence-electron chi connectivity index (χ3n) is 6.99. The number of benzene rings is 3. The molecule has 0 unspecified atom stereocenters. The van der Waals surface area contributed by atoms with Gasteiger partial charge in [-0.1, -0.05) is 70.9 Å². The number of fused-ring (bicyclic) bond motifs is 1. The van der Waals surface area contributed by atoms with Gasteiger partial charge in [-0.2, -0.15) is 0 Å². The van der Waals surface area contributed by atoms with Crippen LogP contribution in [0, 0.1) is 0 Å². The Bertz CT molecular complexity index is 1770. The van der Waals surface area contributed by atoms with Crippen LogP contribution in [0.2, 0.25) is 10.0 Å². The molecule has 3 aromatic carbocycles. The Hall–Kier alpha value is -3.65. The van der Waals surface area contributed by atoms with Gasteiger partial charge < -0.3 is 9.64 Å². The number of likely N-dealkylation sites (N-methyl/N-ethyl adjacent to an activating group) is 1. The number of nitrogens with zero attached hydrogens (tertiary/aromatic N) is 3. The van der Waals surface area contributed by atoms with E-state index in [-0.39, 0.29) is 11.5 Å². The molecular weight excluding hydrogens is 577 g/mol. The highest BCUT2D eigenvalue weighted by Crippen LogP contribution is 2.31. The van der Waals surface area contributed by atoms with Gasteiger partial charge in [0.25, 0.3) is 11.5 Å². The van der Waals surface area contributed by atoms with Crippen LogP contribution in [0.25, 0.3) is 6.08 Å². The molecule has 1 amide bonds. The van der Waals surface area contributed by atoms with Gasteiger partial charge in [-0.15, -0.1) is 0 Å². The van der Waals surface area contributed by atoms with Crippen LogP contribution in [0.15, 0.2) is 93.9 Å². The molecule has 2 heterocycles. The maximum absolute atomic E-state index is 13.9. The fourth-order valence-electron chi connectivity index (χ4n) is 4.80. The van der Waals surface area contributed by atoms with Gasteiger partial charge in [0.05, 0.1) is 21.8 Å². The zero-order valence-electron chi connectivity index (χ0n) is 22.9. The van der Waals surface area contributed by atoms with Crippen LogP contribution in [0.5, 0.6) is 5.75 Å². The Balaban J connectivity index is 1.50. The first-order valence-corrected chi connectivity index (χ1v) is 14.9. The van der Waals surface area contributed by atoms with Crippen molar-refractivity contribution in [1.82, 2.24) is 9.47 Å². The molecule has 0 saturated heterocycles. The molecule has 6 nitrogen and oxygen atoms in total. The van der Waals surface area contributed by atoms with E-state index < -0.39 is 6.04 Å². The van der Waals surface area contributed by atoms with Crippen LogP contribution in [0.4, 0.5) is 0 Å². The number of thiazole rings is 1. The van der Waals surface area contributed by atoms with Gasteiger partial charge in [0.1, 0.15) is 12.4 Å². The maximum atomic E-state index is 13.9. The van der Waals surface area contributed by atoms with Gasteiger partial charge in [-0.3, -0.25) is 14.2 Å². The third kappa shape index (κ3) is 6.17. The summed E-state index contributed by atoms with van der Waals surface area (Å²) in [5, 5.41) is 1.27. The summed E-state index contributed by atoms with van der Waals surface area (Å²) >= 11 is 13.4. The lowest BCUT2D eigenvalue weighted by Crippen LogP contribution is -2.43. The first-order valence-electron chi connectivity index (χ1n) is 13.3. The van der Waals surface area contributed by atoms with Crippen LogP contribution < -0.4 is 19.6 Å². The molecule has 1 atom stereocenters. The minimum absolute atomic E-state index is 0.125. The molecule has 210 valence electrons. The number of amides is 1. The quantitative estimate of drug-likeness (QED) is 0.248. The minimum Gasteiger partial charge on any atom is -0.489 e. The molecule has 0 spiro atoms. The van der Waals surface area contributed by atoms with Gasteiger partial charge in [0.2, 0.25) is 0 Å². The van der Waals surface area contributed by atoms with Crippen molar-refractivity contribution in [1.29, 1.82) is 0 Å². The molecule has 0 aliphatic carbocycles. The lowest BCUT2D eigenvalue weighted by molar-refractivity contribution is -0.127. The minimum atomic E-state index is -0.609. The molecule has 41 heavy (non-hydrogen) atoms. The number of rotatable bonds is 8. The molecular formula is C32H29Cl2N3O3S. The number of allylic oxidation sites excluding steroid dienone is 1. The molecule has 9 heteroatoms. The van der Waals surface area contributed by atoms with E-state index >= 15 is 0 Å². The highest BCUT2D eigenvalue weighted by atomic mass is 35.5. The summed E-state index contributed by atoms with van der Waals surface area (Å²) in [4.78, 5) is 34.6. The highest BCUT2D eigenvalue weighted by molar-refractivity contribution is 7.07. The van der Waals surface area contributed by atoms with Crippen LogP contribution >= 0.6 is 34.5 Å². The fourth-order valence-corrected chi connectivity index (χ4v) is 6.09. The lowest BCUT2D eigenvalue weighted by atomic mass is 9.94. The molecule has 1 aromatic heterocycles. The van der Waals surface area contributed by atoms with E-state index in [1.165, 1.54) is 11.3 Å². The van der Waals surface area contributed by atoms with Gasteiger partial charge >= 0.3 is 0 Å². The van der Waals surface area contributed by atoms with Crippen molar-refractivity contribution in [2.24, 2.45) is 4.99 Å². The van der Waals surface area contributed by atoms with Crippen molar-refractivity contribution in [2.45, 2.75) is 33.4 Å². The molecule has 1 aliphatic rings. The second kappa shape index (κ2) is 12.5. The van der Waals surface area contributed by atoms with Crippen LogP contribution in [0.1, 0.15) is 43.5 Å². The number of aromatic nitrogens is 1. The smallest absolute Gasteiger partial charge is 0.271 e. The van der Waals surface area contributed by atoms with E-state index in [1.807, 2.05) is 87.5 Å². The summed E-state index contributed by atoms with van der Waals surface area (Å²) in [6.07, 6.45) is 1.84. The van der Waals surface area contributed by atoms with E-state index in [0.29, 0.717) is 50.3 Å². The Morgan fingerprint density at radius 1 is 0.976 bits per heavy atom. The second-order valence-corrected chi connectivity index (χ2v) is 11.5. The predicted molar refractivity (Wildman–Crippen MR) is 165 cm³/mol. The van der Waals surface area contributed by atoms with E-state index in [1.54, 1.807) is 21.6 Å². The Kier molecular flexibility index (Phi) is 8.78. The summed E-state index contributed by atoms with van der Waals surface area (Å²) < 4.78 is 8.06. The van der Waals surface area contributed by atoms with Gasteiger partial charge in [0.15, 0.2) is 4.80 Å². The average Bonchev–Trinajstić information content (AvgIpc) is 3.27. The summed E-state index contributed by atoms with van der Waals surface area (Å²) in [6, 6.07) is 21.8. The van der Waals surface area contributed by atoms with E-state index in [9.17, 15) is 9.59 Å². The van der Waals surface area contributed by atoms with Crippen molar-refractivity contribution in [2.75, 3.05) is 13.1 Å². The van der Waals surface area contributed by atoms with Crippen molar-refractivity contribution in [3.05, 3.63) is 130 Å². The standard InChI is InChI=1S/C32H29Cl2N3O3S/c1-4-36(5-2)31(39)28-20(3)35-32-37(29(28)23-10-14-25(34)15-11-23)30(38)27(41-32)18-21-8-16-26(17-9-21)40-19-22-6-12-24(33)13-7-22/h6-18,29H,4-5,19H2,1-3H3/b27-18+/t29-/m0/s1. The first kappa shape index (κ1) is 28.9. The van der Waals surface area contributed by atoms with Crippen molar-refractivity contribution in [3.8, 4) is 5.75 Å². The average molecular weight is 607 g/mol. The molecule has 0 saturated carbocycles. The van der Waals surface area contributed by atoms with Gasteiger partial charge in [-0.05, 0) is 79.9 Å². The molecule has 1 aliphatic heterocycles. The predicted octanol–water partition coefficient (Wildman–Crippen LogP) is 5.99. The zero-order valence-corrected chi connectivity index (χ0v) is 25.3. The lowest BCUT2D eigenvalue weighted by Gasteiger charge is -2.29. The number of hydrogen-bond donors (Lipinski definition) is 0. The number of carbonyl (C=O) groups is 1. The third-order valence-corrected chi connectivity index (χ3v) is 8.47. The maximum Gasteiger partial charge on any atom is 0.271 e. The first-order chi connectivity index (χ1) is 19.8. The van der Waals surface area contributed by atoms with E-state index in [0.717, 1.165) is 22.4 Å². The van der Waals surface area contributed by atoms with E-state index in [2.05, 4.69) is 0 Å². The normalized spacial score (nSPS) is 15.0. The van der Waals surface area contributed by atoms with Crippen LogP contribution in [-0.2, 0) is 11.4 Å². The summed E-state index contributed by atoms with van der Waals surface area (Å²) in [6.45, 7) is 7.26. The monoisotopic (exact) mass is 605 g/mol. The summed E-state index contributed by atoms with van der Waals surface area (Å²) in [5.74, 6) is 0.594. The molecule has 0 fully saturated rings. The SMILES string of the molecule is CCN(CC)C(=O)C1=C(C)N=c2s/c(=C/c3ccc(OCc4ccc(Cl)cc4)cc3)c(=O)n2[C@H]1c1ccc(Cl)cc1. The Morgan fingerprint density at radius 3 is 2.20 bits per heavy atom. The van der Waals surface area contributed by atoms with Crippen molar-refractivity contribution >= 4 is 46.5 Å². The summed E-state index contributed by atoms with van der Waals surface area (Å²) in [7, 11) is 0. The molecule has 0 N–H and O–H groups in total. The highest BCUT2D eigenvalue weighted by Gasteiger charge is 2.34. The number of halogens is 2. The molecule has 5 rings (SSSR count). The van der Waals surface area contributed by atoms with Gasteiger partial charge in [-0.25, -0.2) is 4.99 Å².